The largest absolute Gasteiger partial charge is 1.00 e. The van der Waals surface area contributed by atoms with Crippen LogP contribution in [0.15, 0.2) is 0 Å². The molecule has 0 spiro atoms. The van der Waals surface area contributed by atoms with Gasteiger partial charge in [-0.25, -0.2) is 8.42 Å². The minimum atomic E-state index is -4.67. The molecule has 0 aromatic heterocycles. The Morgan fingerprint density at radius 1 is 1.30 bits per heavy atom. The number of hydrogen-bond donors (Lipinski definition) is 0. The fourth-order valence-corrected chi connectivity index (χ4v) is 0. The molecule has 0 aliphatic rings. The van der Waals surface area contributed by atoms with E-state index in [9.17, 15) is 13.2 Å². The van der Waals surface area contributed by atoms with Gasteiger partial charge in [-0.2, -0.15) is 13.2 Å². The molecule has 1 radical (unpaired) electrons. The first-order chi connectivity index (χ1) is 3.73. The quantitative estimate of drug-likeness (QED) is 0.287. The number of hydrogen-bond acceptors (Lipinski definition) is 3. The molecule has 9 heteroatoms. The number of rotatable bonds is 0. The van der Waals surface area contributed by atoms with Crippen molar-refractivity contribution in [2.75, 3.05) is 0 Å². The van der Waals surface area contributed by atoms with Crippen molar-refractivity contribution in [3.05, 3.63) is 0 Å². The van der Waals surface area contributed by atoms with Gasteiger partial charge < -0.3 is 4.55 Å². The van der Waals surface area contributed by atoms with Gasteiger partial charge in [-0.05, 0) is 0 Å². The van der Waals surface area contributed by atoms with Gasteiger partial charge in [0.1, 0.15) is 0 Å². The monoisotopic (exact) mass is 172 g/mol. The summed E-state index contributed by atoms with van der Waals surface area (Å²) in [5.41, 5.74) is 0. The topological polar surface area (TPSA) is 81.0 Å². The average molecular weight is 172 g/mol. The number of alkyl halides is 3. The SMILES string of the molecule is FC(F)F.[Li+].[NH]S(=O)(=O)[O-]. The first-order valence-electron chi connectivity index (χ1n) is 1.36. The van der Waals surface area contributed by atoms with E-state index in [0.717, 1.165) is 0 Å². The van der Waals surface area contributed by atoms with Gasteiger partial charge in [0.05, 0.1) is 0 Å². The molecule has 1 N–H and O–H groups in total. The van der Waals surface area contributed by atoms with E-state index in [-0.39, 0.29) is 18.9 Å². The van der Waals surface area contributed by atoms with E-state index in [2.05, 4.69) is 0 Å². The molecular formula is CH2F3LiNO3S. The molecule has 0 saturated heterocycles. The van der Waals surface area contributed by atoms with Crippen LogP contribution in [0.5, 0.6) is 0 Å². The molecule has 0 aromatic rings. The Kier molecular flexibility index (Phi) is 12.3. The Bertz CT molecular complexity index is 135. The summed E-state index contributed by atoms with van der Waals surface area (Å²) in [4.78, 5) is 0. The molecule has 0 fully saturated rings. The standard InChI is InChI=1S/CHF3.Li.H2NO3S/c2-1(3)4;;1-5(2,3)4/h1H;;1H,(H,2,3,4)/q;+1;/p-1. The fraction of sp³-hybridized carbons (Fsp3) is 1.00. The van der Waals surface area contributed by atoms with Crippen molar-refractivity contribution in [2.45, 2.75) is 6.68 Å². The van der Waals surface area contributed by atoms with E-state index < -0.39 is 17.0 Å². The van der Waals surface area contributed by atoms with Crippen LogP contribution < -0.4 is 24.0 Å². The zero-order valence-corrected chi connectivity index (χ0v) is 5.66. The van der Waals surface area contributed by atoms with Gasteiger partial charge in [-0.1, -0.05) is 0 Å². The molecule has 0 rings (SSSR count). The van der Waals surface area contributed by atoms with E-state index in [1.54, 1.807) is 0 Å². The molecule has 0 aromatic carbocycles. The Labute approximate surface area is 67.6 Å². The Morgan fingerprint density at radius 3 is 1.30 bits per heavy atom. The summed E-state index contributed by atoms with van der Waals surface area (Å²) >= 11 is 0. The molecular weight excluding hydrogens is 170 g/mol. The summed E-state index contributed by atoms with van der Waals surface area (Å²) in [6, 6.07) is 0. The van der Waals surface area contributed by atoms with Crippen molar-refractivity contribution in [1.29, 1.82) is 0 Å². The molecule has 10 heavy (non-hydrogen) atoms. The summed E-state index contributed by atoms with van der Waals surface area (Å²) in [5.74, 6) is 0. The predicted molar refractivity (Wildman–Crippen MR) is 19.9 cm³/mol. The number of nitrogens with one attached hydrogen (secondary N) is 1. The second-order valence-electron chi connectivity index (χ2n) is 0.702. The Hall–Kier alpha value is 0.257. The van der Waals surface area contributed by atoms with Crippen LogP contribution in [0.3, 0.4) is 0 Å². The minimum absolute atomic E-state index is 0. The van der Waals surface area contributed by atoms with E-state index >= 15 is 0 Å². The molecule has 0 saturated carbocycles. The zero-order chi connectivity index (χ0) is 8.08. The molecule has 0 unspecified atom stereocenters. The average Bonchev–Trinajstić information content (AvgIpc) is 1.19. The normalized spacial score (nSPS) is 9.40. The van der Waals surface area contributed by atoms with Crippen LogP contribution in [0.2, 0.25) is 0 Å². The maximum atomic E-state index is 9.67. The van der Waals surface area contributed by atoms with Gasteiger partial charge in [-0.3, -0.25) is 0 Å². The van der Waals surface area contributed by atoms with E-state index in [1.165, 1.54) is 0 Å². The van der Waals surface area contributed by atoms with Crippen LogP contribution in [-0.2, 0) is 10.3 Å². The predicted octanol–water partition coefficient (Wildman–Crippen LogP) is -3.09. The Morgan fingerprint density at radius 2 is 1.30 bits per heavy atom. The summed E-state index contributed by atoms with van der Waals surface area (Å²) in [7, 11) is -4.67. The first-order valence-corrected chi connectivity index (χ1v) is 2.77. The van der Waals surface area contributed by atoms with Crippen molar-refractivity contribution < 1.29 is 45.0 Å². The molecule has 0 heterocycles. The third-order valence-electron chi connectivity index (χ3n) is 0. The van der Waals surface area contributed by atoms with Crippen LogP contribution in [0.4, 0.5) is 13.2 Å². The van der Waals surface area contributed by atoms with Gasteiger partial charge in [0, 0.05) is 0 Å². The molecule has 4 nitrogen and oxygen atoms in total. The van der Waals surface area contributed by atoms with Crippen LogP contribution in [-0.4, -0.2) is 19.6 Å². The van der Waals surface area contributed by atoms with Crippen molar-refractivity contribution in [3.63, 3.8) is 0 Å². The van der Waals surface area contributed by atoms with Gasteiger partial charge in [-0.15, -0.1) is 5.14 Å². The van der Waals surface area contributed by atoms with Crippen molar-refractivity contribution in [2.24, 2.45) is 0 Å². The van der Waals surface area contributed by atoms with Crippen molar-refractivity contribution >= 4 is 10.3 Å². The van der Waals surface area contributed by atoms with E-state index in [4.69, 9.17) is 18.1 Å². The van der Waals surface area contributed by atoms with Crippen LogP contribution >= 0.6 is 0 Å². The second kappa shape index (κ2) is 7.37. The van der Waals surface area contributed by atoms with Gasteiger partial charge in [0.25, 0.3) is 0 Å². The maximum absolute atomic E-state index is 9.67. The first kappa shape index (κ1) is 16.7. The molecule has 57 valence electrons. The molecule has 0 amide bonds. The fourth-order valence-electron chi connectivity index (χ4n) is 0. The Balaban J connectivity index is -0.0000000910. The summed E-state index contributed by atoms with van der Waals surface area (Å²) in [6.45, 7) is -3.67. The number of halogens is 3. The summed E-state index contributed by atoms with van der Waals surface area (Å²) in [6.07, 6.45) is 0. The molecule has 0 aliphatic heterocycles. The zero-order valence-electron chi connectivity index (χ0n) is 4.84. The van der Waals surface area contributed by atoms with Crippen LogP contribution in [0, 0.1) is 0 Å². The van der Waals surface area contributed by atoms with E-state index in [1.807, 2.05) is 0 Å². The molecule has 0 atom stereocenters. The van der Waals surface area contributed by atoms with Crippen LogP contribution in [0.1, 0.15) is 0 Å². The van der Waals surface area contributed by atoms with Gasteiger partial charge in [0.2, 0.25) is 0 Å². The van der Waals surface area contributed by atoms with Crippen molar-refractivity contribution in [3.8, 4) is 0 Å². The second-order valence-corrected chi connectivity index (χ2v) is 1.61. The van der Waals surface area contributed by atoms with Gasteiger partial charge >= 0.3 is 25.5 Å². The van der Waals surface area contributed by atoms with Crippen molar-refractivity contribution in [1.82, 2.24) is 5.14 Å². The van der Waals surface area contributed by atoms with Gasteiger partial charge in [0.15, 0.2) is 10.3 Å². The molecule has 0 aliphatic carbocycles. The third kappa shape index (κ3) is 6560. The summed E-state index contributed by atoms with van der Waals surface area (Å²) < 4.78 is 55.2. The minimum Gasteiger partial charge on any atom is -0.734 e. The summed E-state index contributed by atoms with van der Waals surface area (Å²) in [5, 5.41) is 5.35. The molecule has 0 bridgehead atoms. The maximum Gasteiger partial charge on any atom is 1.00 e. The van der Waals surface area contributed by atoms with E-state index in [0.29, 0.717) is 0 Å². The smallest absolute Gasteiger partial charge is 0.734 e. The third-order valence-corrected chi connectivity index (χ3v) is 0. The van der Waals surface area contributed by atoms with Crippen LogP contribution in [0.25, 0.3) is 0 Å².